The van der Waals surface area contributed by atoms with Gasteiger partial charge in [-0.2, -0.15) is 0 Å². The summed E-state index contributed by atoms with van der Waals surface area (Å²) in [6.07, 6.45) is 1.75. The molecule has 4 rings (SSSR count). The Labute approximate surface area is 213 Å². The minimum Gasteiger partial charge on any atom is -0.493 e. The van der Waals surface area contributed by atoms with Crippen LogP contribution in [0.3, 0.4) is 0 Å². The summed E-state index contributed by atoms with van der Waals surface area (Å²) >= 11 is 16.2. The van der Waals surface area contributed by atoms with Crippen LogP contribution in [0.5, 0.6) is 11.5 Å². The fourth-order valence-electron chi connectivity index (χ4n) is 3.16. The van der Waals surface area contributed by atoms with Crippen molar-refractivity contribution in [3.8, 4) is 11.5 Å². The highest BCUT2D eigenvalue weighted by molar-refractivity contribution is 9.10. The van der Waals surface area contributed by atoms with Crippen LogP contribution in [0.2, 0.25) is 5.02 Å². The molecule has 0 bridgehead atoms. The van der Waals surface area contributed by atoms with E-state index in [1.54, 1.807) is 48.5 Å². The van der Waals surface area contributed by atoms with Crippen molar-refractivity contribution in [3.63, 3.8) is 0 Å². The van der Waals surface area contributed by atoms with E-state index in [0.29, 0.717) is 35.9 Å². The topological polar surface area (TPSA) is 38.8 Å². The number of thioether (sulfide) groups is 1. The molecule has 1 amide bonds. The van der Waals surface area contributed by atoms with Crippen molar-refractivity contribution in [2.24, 2.45) is 0 Å². The molecule has 0 unspecified atom stereocenters. The third-order valence-corrected chi connectivity index (χ3v) is 6.83. The molecule has 168 valence electrons. The van der Waals surface area contributed by atoms with Gasteiger partial charge in [-0.3, -0.25) is 9.69 Å². The second-order valence-corrected chi connectivity index (χ2v) is 9.91. The largest absolute Gasteiger partial charge is 0.493 e. The predicted molar refractivity (Wildman–Crippen MR) is 139 cm³/mol. The molecule has 3 aromatic rings. The van der Waals surface area contributed by atoms with E-state index in [2.05, 4.69) is 15.9 Å². The highest BCUT2D eigenvalue weighted by Gasteiger charge is 2.33. The summed E-state index contributed by atoms with van der Waals surface area (Å²) in [7, 11) is 1.54. The van der Waals surface area contributed by atoms with E-state index >= 15 is 0 Å². The lowest BCUT2D eigenvalue weighted by molar-refractivity contribution is -0.113. The summed E-state index contributed by atoms with van der Waals surface area (Å²) in [5, 5.41) is 0.524. The third-order valence-electron chi connectivity index (χ3n) is 4.71. The van der Waals surface area contributed by atoms with Gasteiger partial charge in [-0.15, -0.1) is 0 Å². The number of methoxy groups -OCH3 is 1. The van der Waals surface area contributed by atoms with Crippen molar-refractivity contribution in [3.05, 3.63) is 92.0 Å². The molecule has 0 spiro atoms. The normalized spacial score (nSPS) is 14.8. The minimum absolute atomic E-state index is 0.223. The molecular weight excluding hydrogens is 549 g/mol. The summed E-state index contributed by atoms with van der Waals surface area (Å²) in [4.78, 5) is 15.0. The molecule has 0 N–H and O–H groups in total. The van der Waals surface area contributed by atoms with E-state index in [9.17, 15) is 9.18 Å². The molecule has 0 aromatic heterocycles. The third kappa shape index (κ3) is 5.41. The van der Waals surface area contributed by atoms with E-state index in [0.717, 1.165) is 11.1 Å². The summed E-state index contributed by atoms with van der Waals surface area (Å²) in [6.45, 7) is 0.243. The van der Waals surface area contributed by atoms with Gasteiger partial charge in [0, 0.05) is 5.02 Å². The summed E-state index contributed by atoms with van der Waals surface area (Å²) in [5.74, 6) is 0.468. The molecule has 1 saturated heterocycles. The van der Waals surface area contributed by atoms with Gasteiger partial charge in [0.1, 0.15) is 12.4 Å². The number of nitrogens with zero attached hydrogens (tertiary/aromatic N) is 1. The monoisotopic (exact) mass is 563 g/mol. The summed E-state index contributed by atoms with van der Waals surface area (Å²) in [6, 6.07) is 16.7. The lowest BCUT2D eigenvalue weighted by atomic mass is 10.1. The number of thiocarbonyl (C=S) groups is 1. The molecule has 1 aliphatic rings. The van der Waals surface area contributed by atoms with Gasteiger partial charge < -0.3 is 9.47 Å². The summed E-state index contributed by atoms with van der Waals surface area (Å²) in [5.41, 5.74) is 2.18. The average molecular weight is 565 g/mol. The van der Waals surface area contributed by atoms with Crippen molar-refractivity contribution >= 4 is 73.5 Å². The molecular formula is C24H16BrClFNO3S2. The Morgan fingerprint density at radius 3 is 2.64 bits per heavy atom. The van der Waals surface area contributed by atoms with Crippen molar-refractivity contribution in [1.29, 1.82) is 0 Å². The van der Waals surface area contributed by atoms with Crippen LogP contribution < -0.4 is 14.4 Å². The van der Waals surface area contributed by atoms with Crippen molar-refractivity contribution < 1.29 is 18.7 Å². The molecule has 1 aliphatic heterocycles. The molecule has 4 nitrogen and oxygen atoms in total. The smallest absolute Gasteiger partial charge is 0.270 e. The number of carbonyl (C=O) groups is 1. The second-order valence-electron chi connectivity index (χ2n) is 6.95. The number of amides is 1. The number of anilines is 1. The van der Waals surface area contributed by atoms with Crippen molar-refractivity contribution in [2.45, 2.75) is 6.61 Å². The van der Waals surface area contributed by atoms with Gasteiger partial charge in [0.15, 0.2) is 15.8 Å². The standard InChI is InChI=1S/C24H16BrClFNO3S2/c1-30-20-10-15(9-19(25)22(20)31-13-14-5-7-17(27)8-6-14)11-21-23(29)28(24(32)33-21)18-4-2-3-16(26)12-18/h2-12H,13H2,1H3/b21-11+. The number of hydrogen-bond acceptors (Lipinski definition) is 5. The van der Waals surface area contributed by atoms with Gasteiger partial charge in [-0.1, -0.05) is 53.8 Å². The first kappa shape index (κ1) is 23.8. The molecule has 1 fully saturated rings. The zero-order valence-electron chi connectivity index (χ0n) is 17.2. The molecule has 3 aromatic carbocycles. The van der Waals surface area contributed by atoms with Gasteiger partial charge in [-0.05, 0) is 75.6 Å². The maximum atomic E-state index is 13.1. The Morgan fingerprint density at radius 2 is 1.94 bits per heavy atom. The Morgan fingerprint density at radius 1 is 1.18 bits per heavy atom. The SMILES string of the molecule is COc1cc(/C=C2/SC(=S)N(c3cccc(Cl)c3)C2=O)cc(Br)c1OCc1ccc(F)cc1. The quantitative estimate of drug-likeness (QED) is 0.233. The van der Waals surface area contributed by atoms with Crippen LogP contribution >= 0.6 is 51.5 Å². The maximum Gasteiger partial charge on any atom is 0.270 e. The van der Waals surface area contributed by atoms with E-state index in [-0.39, 0.29) is 18.3 Å². The Bertz CT molecular complexity index is 1270. The molecule has 0 radical (unpaired) electrons. The molecule has 33 heavy (non-hydrogen) atoms. The fraction of sp³-hybridized carbons (Fsp3) is 0.0833. The van der Waals surface area contributed by atoms with Gasteiger partial charge in [0.05, 0.1) is 22.2 Å². The number of halogens is 3. The van der Waals surface area contributed by atoms with Crippen LogP contribution in [0.1, 0.15) is 11.1 Å². The molecule has 1 heterocycles. The van der Waals surface area contributed by atoms with Crippen molar-refractivity contribution in [1.82, 2.24) is 0 Å². The van der Waals surface area contributed by atoms with Crippen LogP contribution in [-0.2, 0) is 11.4 Å². The average Bonchev–Trinajstić information content (AvgIpc) is 3.06. The Balaban J connectivity index is 1.58. The minimum atomic E-state index is -0.303. The van der Waals surface area contributed by atoms with E-state index in [1.807, 2.05) is 6.07 Å². The number of carbonyl (C=O) groups excluding carboxylic acids is 1. The first-order valence-electron chi connectivity index (χ1n) is 9.64. The molecule has 0 aliphatic carbocycles. The lowest BCUT2D eigenvalue weighted by Crippen LogP contribution is -2.27. The first-order chi connectivity index (χ1) is 15.9. The molecule has 0 saturated carbocycles. The maximum absolute atomic E-state index is 13.1. The van der Waals surface area contributed by atoms with Crippen LogP contribution in [0.4, 0.5) is 10.1 Å². The van der Waals surface area contributed by atoms with E-state index in [1.165, 1.54) is 35.9 Å². The number of hydrogen-bond donors (Lipinski definition) is 0. The van der Waals surface area contributed by atoms with Gasteiger partial charge in [0.2, 0.25) is 0 Å². The summed E-state index contributed by atoms with van der Waals surface area (Å²) < 4.78 is 25.6. The highest BCUT2D eigenvalue weighted by Crippen LogP contribution is 2.40. The Kier molecular flexibility index (Phi) is 7.38. The molecule has 9 heteroatoms. The lowest BCUT2D eigenvalue weighted by Gasteiger charge is -2.15. The van der Waals surface area contributed by atoms with Gasteiger partial charge in [-0.25, -0.2) is 4.39 Å². The second kappa shape index (κ2) is 10.3. The zero-order chi connectivity index (χ0) is 23.5. The van der Waals surface area contributed by atoms with Gasteiger partial charge >= 0.3 is 0 Å². The highest BCUT2D eigenvalue weighted by atomic mass is 79.9. The number of benzene rings is 3. The number of ether oxygens (including phenoxy) is 2. The van der Waals surface area contributed by atoms with Crippen LogP contribution in [0.15, 0.2) is 70.0 Å². The number of rotatable bonds is 6. The fourth-order valence-corrected chi connectivity index (χ4v) is 5.21. The van der Waals surface area contributed by atoms with Gasteiger partial charge in [0.25, 0.3) is 5.91 Å². The molecule has 0 atom stereocenters. The zero-order valence-corrected chi connectivity index (χ0v) is 21.2. The van der Waals surface area contributed by atoms with Crippen LogP contribution in [0, 0.1) is 5.82 Å². The van der Waals surface area contributed by atoms with E-state index < -0.39 is 0 Å². The van der Waals surface area contributed by atoms with Crippen molar-refractivity contribution in [2.75, 3.05) is 12.0 Å². The van der Waals surface area contributed by atoms with E-state index in [4.69, 9.17) is 33.3 Å². The predicted octanol–water partition coefficient (Wildman–Crippen LogP) is 7.24. The Hall–Kier alpha value is -2.39. The van der Waals surface area contributed by atoms with Crippen LogP contribution in [-0.4, -0.2) is 17.3 Å². The first-order valence-corrected chi connectivity index (χ1v) is 12.0. The van der Waals surface area contributed by atoms with Crippen LogP contribution in [0.25, 0.3) is 6.08 Å².